The Kier molecular flexibility index (Phi) is 4.72. The lowest BCUT2D eigenvalue weighted by atomic mass is 10.1. The van der Waals surface area contributed by atoms with Crippen LogP contribution < -0.4 is 10.6 Å². The number of nitro benzene ring substituents is 1. The summed E-state index contributed by atoms with van der Waals surface area (Å²) in [4.78, 5) is 10.6. The Morgan fingerprint density at radius 3 is 2.45 bits per heavy atom. The standard InChI is InChI=1S/C16H17N3O2S/c1-10-7-8-11(2)14(9-10)18-16(22)17-13-5-4-6-15(12(13)3)19(20)21/h4-9H,1-3H3,(H2,17,18,22). The van der Waals surface area contributed by atoms with E-state index in [1.807, 2.05) is 32.0 Å². The SMILES string of the molecule is Cc1ccc(C)c(NC(=S)Nc2cccc([N+](=O)[O-])c2C)c1. The highest BCUT2D eigenvalue weighted by atomic mass is 32.1. The Hall–Kier alpha value is -2.47. The number of nitro groups is 1. The minimum absolute atomic E-state index is 0.0690. The predicted octanol–water partition coefficient (Wildman–Crippen LogP) is 4.33. The number of aryl methyl sites for hydroxylation is 2. The molecule has 0 unspecified atom stereocenters. The zero-order valence-electron chi connectivity index (χ0n) is 12.6. The molecule has 114 valence electrons. The Morgan fingerprint density at radius 2 is 1.77 bits per heavy atom. The van der Waals surface area contributed by atoms with Crippen molar-refractivity contribution in [2.75, 3.05) is 10.6 Å². The maximum Gasteiger partial charge on any atom is 0.274 e. The van der Waals surface area contributed by atoms with Gasteiger partial charge in [-0.05, 0) is 56.2 Å². The van der Waals surface area contributed by atoms with E-state index in [0.29, 0.717) is 16.4 Å². The summed E-state index contributed by atoms with van der Waals surface area (Å²) in [6, 6.07) is 10.9. The van der Waals surface area contributed by atoms with Crippen LogP contribution in [0.2, 0.25) is 0 Å². The molecule has 0 saturated heterocycles. The molecule has 22 heavy (non-hydrogen) atoms. The third-order valence-corrected chi connectivity index (χ3v) is 3.60. The largest absolute Gasteiger partial charge is 0.332 e. The third-order valence-electron chi connectivity index (χ3n) is 3.39. The Balaban J connectivity index is 2.18. The number of nitrogens with one attached hydrogen (secondary N) is 2. The summed E-state index contributed by atoms with van der Waals surface area (Å²) in [7, 11) is 0. The molecule has 0 atom stereocenters. The molecule has 2 N–H and O–H groups in total. The fourth-order valence-electron chi connectivity index (χ4n) is 2.10. The second-order valence-electron chi connectivity index (χ2n) is 5.10. The fourth-order valence-corrected chi connectivity index (χ4v) is 2.32. The third kappa shape index (κ3) is 3.59. The van der Waals surface area contributed by atoms with E-state index in [-0.39, 0.29) is 5.69 Å². The highest BCUT2D eigenvalue weighted by molar-refractivity contribution is 7.80. The highest BCUT2D eigenvalue weighted by Crippen LogP contribution is 2.25. The first kappa shape index (κ1) is 15.9. The van der Waals surface area contributed by atoms with E-state index in [4.69, 9.17) is 12.2 Å². The fraction of sp³-hybridized carbons (Fsp3) is 0.188. The molecule has 0 spiro atoms. The smallest absolute Gasteiger partial charge is 0.274 e. The van der Waals surface area contributed by atoms with Crippen LogP contribution in [0.1, 0.15) is 16.7 Å². The van der Waals surface area contributed by atoms with Crippen LogP contribution in [0, 0.1) is 30.9 Å². The molecule has 0 aliphatic carbocycles. The van der Waals surface area contributed by atoms with Crippen molar-refractivity contribution >= 4 is 34.4 Å². The van der Waals surface area contributed by atoms with Gasteiger partial charge in [-0.2, -0.15) is 0 Å². The van der Waals surface area contributed by atoms with Crippen LogP contribution >= 0.6 is 12.2 Å². The Morgan fingerprint density at radius 1 is 1.09 bits per heavy atom. The van der Waals surface area contributed by atoms with Crippen molar-refractivity contribution in [3.63, 3.8) is 0 Å². The monoisotopic (exact) mass is 315 g/mol. The molecule has 0 amide bonds. The lowest BCUT2D eigenvalue weighted by molar-refractivity contribution is -0.385. The number of rotatable bonds is 3. The molecule has 0 heterocycles. The first-order valence-electron chi connectivity index (χ1n) is 6.77. The summed E-state index contributed by atoms with van der Waals surface area (Å²) in [6.45, 7) is 5.69. The number of hydrogen-bond acceptors (Lipinski definition) is 3. The summed E-state index contributed by atoms with van der Waals surface area (Å²) in [6.07, 6.45) is 0. The molecule has 0 aliphatic heterocycles. The van der Waals surface area contributed by atoms with E-state index >= 15 is 0 Å². The molecular formula is C16H17N3O2S. The van der Waals surface area contributed by atoms with Gasteiger partial charge in [0.15, 0.2) is 5.11 Å². The van der Waals surface area contributed by atoms with Gasteiger partial charge in [0.05, 0.1) is 16.2 Å². The topological polar surface area (TPSA) is 67.2 Å². The van der Waals surface area contributed by atoms with E-state index in [2.05, 4.69) is 10.6 Å². The van der Waals surface area contributed by atoms with Crippen LogP contribution in [0.5, 0.6) is 0 Å². The second kappa shape index (κ2) is 6.53. The summed E-state index contributed by atoms with van der Waals surface area (Å²) in [5.41, 5.74) is 4.36. The van der Waals surface area contributed by atoms with E-state index in [1.165, 1.54) is 6.07 Å². The number of anilines is 2. The van der Waals surface area contributed by atoms with Crippen LogP contribution in [0.15, 0.2) is 36.4 Å². The van der Waals surface area contributed by atoms with E-state index < -0.39 is 4.92 Å². The molecule has 0 radical (unpaired) electrons. The van der Waals surface area contributed by atoms with Gasteiger partial charge < -0.3 is 10.6 Å². The summed E-state index contributed by atoms with van der Waals surface area (Å²) in [5, 5.41) is 17.5. The maximum absolute atomic E-state index is 11.0. The van der Waals surface area contributed by atoms with Gasteiger partial charge in [-0.15, -0.1) is 0 Å². The number of nitrogens with zero attached hydrogens (tertiary/aromatic N) is 1. The molecule has 6 heteroatoms. The molecule has 0 saturated carbocycles. The van der Waals surface area contributed by atoms with Crippen molar-refractivity contribution in [3.05, 3.63) is 63.2 Å². The molecule has 2 aromatic rings. The maximum atomic E-state index is 11.0. The lowest BCUT2D eigenvalue weighted by Gasteiger charge is -2.14. The average molecular weight is 315 g/mol. The summed E-state index contributed by atoms with van der Waals surface area (Å²) < 4.78 is 0. The van der Waals surface area contributed by atoms with E-state index in [0.717, 1.165) is 16.8 Å². The van der Waals surface area contributed by atoms with Gasteiger partial charge in [0.2, 0.25) is 0 Å². The van der Waals surface area contributed by atoms with Gasteiger partial charge in [0.1, 0.15) is 0 Å². The molecule has 0 bridgehead atoms. The molecule has 2 rings (SSSR count). The van der Waals surface area contributed by atoms with Crippen molar-refractivity contribution in [3.8, 4) is 0 Å². The first-order valence-corrected chi connectivity index (χ1v) is 7.18. The Bertz CT molecular complexity index is 744. The summed E-state index contributed by atoms with van der Waals surface area (Å²) in [5.74, 6) is 0. The highest BCUT2D eigenvalue weighted by Gasteiger charge is 2.14. The van der Waals surface area contributed by atoms with Gasteiger partial charge >= 0.3 is 0 Å². The molecule has 0 fully saturated rings. The van der Waals surface area contributed by atoms with Gasteiger partial charge in [-0.3, -0.25) is 10.1 Å². The normalized spacial score (nSPS) is 10.1. The van der Waals surface area contributed by atoms with E-state index in [9.17, 15) is 10.1 Å². The van der Waals surface area contributed by atoms with Crippen LogP contribution in [0.25, 0.3) is 0 Å². The number of hydrogen-bond donors (Lipinski definition) is 2. The van der Waals surface area contributed by atoms with Gasteiger partial charge in [-0.25, -0.2) is 0 Å². The van der Waals surface area contributed by atoms with Crippen LogP contribution in [-0.4, -0.2) is 10.0 Å². The predicted molar refractivity (Wildman–Crippen MR) is 93.6 cm³/mol. The number of benzene rings is 2. The molecule has 5 nitrogen and oxygen atoms in total. The summed E-state index contributed by atoms with van der Waals surface area (Å²) >= 11 is 5.30. The minimum atomic E-state index is -0.401. The molecular weight excluding hydrogens is 298 g/mol. The van der Waals surface area contributed by atoms with Crippen LogP contribution in [0.4, 0.5) is 17.1 Å². The van der Waals surface area contributed by atoms with Gasteiger partial charge in [0, 0.05) is 11.8 Å². The van der Waals surface area contributed by atoms with Crippen LogP contribution in [-0.2, 0) is 0 Å². The molecule has 0 aromatic heterocycles. The van der Waals surface area contributed by atoms with E-state index in [1.54, 1.807) is 19.1 Å². The Labute approximate surface area is 134 Å². The van der Waals surface area contributed by atoms with Crippen molar-refractivity contribution in [1.82, 2.24) is 0 Å². The quantitative estimate of drug-likeness (QED) is 0.501. The zero-order valence-corrected chi connectivity index (χ0v) is 13.5. The molecule has 0 aliphatic rings. The second-order valence-corrected chi connectivity index (χ2v) is 5.51. The van der Waals surface area contributed by atoms with Crippen molar-refractivity contribution in [2.45, 2.75) is 20.8 Å². The van der Waals surface area contributed by atoms with Crippen molar-refractivity contribution < 1.29 is 4.92 Å². The van der Waals surface area contributed by atoms with Crippen LogP contribution in [0.3, 0.4) is 0 Å². The number of thiocarbonyl (C=S) groups is 1. The molecule has 2 aromatic carbocycles. The zero-order chi connectivity index (χ0) is 16.3. The van der Waals surface area contributed by atoms with Gasteiger partial charge in [-0.1, -0.05) is 18.2 Å². The lowest BCUT2D eigenvalue weighted by Crippen LogP contribution is -2.20. The van der Waals surface area contributed by atoms with Crippen molar-refractivity contribution in [1.29, 1.82) is 0 Å². The first-order chi connectivity index (χ1) is 10.4. The minimum Gasteiger partial charge on any atom is -0.332 e. The van der Waals surface area contributed by atoms with Crippen molar-refractivity contribution in [2.24, 2.45) is 0 Å². The van der Waals surface area contributed by atoms with Gasteiger partial charge in [0.25, 0.3) is 5.69 Å². The average Bonchev–Trinajstić information content (AvgIpc) is 2.45.